The van der Waals surface area contributed by atoms with Gasteiger partial charge in [-0.2, -0.15) is 0 Å². The fourth-order valence-corrected chi connectivity index (χ4v) is 5.76. The van der Waals surface area contributed by atoms with Crippen LogP contribution in [0, 0.1) is 11.3 Å². The van der Waals surface area contributed by atoms with Crippen LogP contribution in [0.2, 0.25) is 25.2 Å². The summed E-state index contributed by atoms with van der Waals surface area (Å²) in [7, 11) is 3.37. The summed E-state index contributed by atoms with van der Waals surface area (Å²) in [6.07, 6.45) is 1.20. The first kappa shape index (κ1) is 24.5. The maximum atomic E-state index is 5.73. The Labute approximate surface area is 141 Å². The van der Waals surface area contributed by atoms with Gasteiger partial charge in [0.05, 0.1) is 0 Å². The van der Waals surface area contributed by atoms with Crippen molar-refractivity contribution >= 4 is 17.1 Å². The zero-order chi connectivity index (χ0) is 18.0. The Kier molecular flexibility index (Phi) is 12.2. The van der Waals surface area contributed by atoms with E-state index in [2.05, 4.69) is 34.6 Å². The lowest BCUT2D eigenvalue weighted by Gasteiger charge is -2.33. The molecule has 0 aliphatic heterocycles. The Bertz CT molecular complexity index is 266. The van der Waals surface area contributed by atoms with Crippen LogP contribution < -0.4 is 0 Å². The molecule has 6 heteroatoms. The van der Waals surface area contributed by atoms with Gasteiger partial charge in [-0.15, -0.1) is 0 Å². The topological polar surface area (TPSA) is 36.9 Å². The van der Waals surface area contributed by atoms with Crippen molar-refractivity contribution in [2.24, 2.45) is 11.3 Å². The van der Waals surface area contributed by atoms with E-state index in [0.717, 1.165) is 18.0 Å². The van der Waals surface area contributed by atoms with Gasteiger partial charge in [0.1, 0.15) is 0 Å². The van der Waals surface area contributed by atoms with Crippen LogP contribution in [0.25, 0.3) is 0 Å². The molecule has 22 heavy (non-hydrogen) atoms. The number of hydrogen-bond acceptors (Lipinski definition) is 4. The van der Waals surface area contributed by atoms with Crippen molar-refractivity contribution in [3.63, 3.8) is 0 Å². The van der Waals surface area contributed by atoms with Crippen molar-refractivity contribution in [3.8, 4) is 0 Å². The molecule has 0 N–H and O–H groups in total. The predicted molar refractivity (Wildman–Crippen MR) is 99.8 cm³/mol. The van der Waals surface area contributed by atoms with Crippen LogP contribution in [0.3, 0.4) is 0 Å². The zero-order valence-corrected chi connectivity index (χ0v) is 18.8. The van der Waals surface area contributed by atoms with Gasteiger partial charge in [-0.25, -0.2) is 0 Å². The SMILES string of the molecule is CO[Si](C)(C)OC.CO[Si](CCC(C)C)(CC(C)(C)C)OC. The van der Waals surface area contributed by atoms with E-state index in [1.54, 1.807) is 14.2 Å². The maximum Gasteiger partial charge on any atom is 0.338 e. The molecule has 0 radical (unpaired) electrons. The Morgan fingerprint density at radius 3 is 1.41 bits per heavy atom. The minimum Gasteiger partial charge on any atom is -0.398 e. The molecule has 0 bridgehead atoms. The summed E-state index contributed by atoms with van der Waals surface area (Å²) in [5.74, 6) is 0.724. The molecule has 0 fully saturated rings. The summed E-state index contributed by atoms with van der Waals surface area (Å²) in [5.41, 5.74) is 0.287. The van der Waals surface area contributed by atoms with Gasteiger partial charge >= 0.3 is 17.1 Å². The average Bonchev–Trinajstić information content (AvgIpc) is 2.43. The van der Waals surface area contributed by atoms with E-state index in [1.165, 1.54) is 6.42 Å². The third-order valence-electron chi connectivity index (χ3n) is 3.63. The summed E-state index contributed by atoms with van der Waals surface area (Å²) in [6, 6.07) is 2.18. The molecule has 0 aliphatic carbocycles. The molecule has 0 aromatic heterocycles. The normalized spacial score (nSPS) is 13.1. The standard InChI is InChI=1S/C12H28O2Si.C4H12O2Si/c1-11(2)8-9-15(13-6,14-7)10-12(3,4)5;1-5-7(3,4)6-2/h11H,8-10H2,1-7H3;1-4H3. The van der Waals surface area contributed by atoms with E-state index in [4.69, 9.17) is 17.7 Å². The van der Waals surface area contributed by atoms with Crippen molar-refractivity contribution in [3.05, 3.63) is 0 Å². The lowest BCUT2D eigenvalue weighted by atomic mass is 10.0. The van der Waals surface area contributed by atoms with Gasteiger partial charge in [0.25, 0.3) is 0 Å². The quantitative estimate of drug-likeness (QED) is 0.588. The number of hydrogen-bond donors (Lipinski definition) is 0. The fraction of sp³-hybridized carbons (Fsp3) is 1.00. The van der Waals surface area contributed by atoms with Gasteiger partial charge in [0.15, 0.2) is 0 Å². The Hall–Kier alpha value is 0.274. The van der Waals surface area contributed by atoms with Crippen LogP contribution in [-0.4, -0.2) is 45.6 Å². The second-order valence-corrected chi connectivity index (χ2v) is 14.9. The van der Waals surface area contributed by atoms with Crippen LogP contribution >= 0.6 is 0 Å². The van der Waals surface area contributed by atoms with Crippen LogP contribution in [0.1, 0.15) is 41.0 Å². The van der Waals surface area contributed by atoms with Gasteiger partial charge < -0.3 is 17.7 Å². The summed E-state index contributed by atoms with van der Waals surface area (Å²) in [4.78, 5) is 0. The number of rotatable bonds is 8. The van der Waals surface area contributed by atoms with E-state index in [-0.39, 0.29) is 5.41 Å². The van der Waals surface area contributed by atoms with Crippen molar-refractivity contribution < 1.29 is 17.7 Å². The lowest BCUT2D eigenvalue weighted by Crippen LogP contribution is -2.43. The highest BCUT2D eigenvalue weighted by atomic mass is 28.4. The smallest absolute Gasteiger partial charge is 0.338 e. The monoisotopic (exact) mass is 352 g/mol. The average molecular weight is 353 g/mol. The minimum absolute atomic E-state index is 0.287. The third kappa shape index (κ3) is 12.8. The van der Waals surface area contributed by atoms with Gasteiger partial charge in [-0.1, -0.05) is 34.6 Å². The fourth-order valence-electron chi connectivity index (χ4n) is 1.92. The molecule has 136 valence electrons. The van der Waals surface area contributed by atoms with Gasteiger partial charge in [-0.3, -0.25) is 0 Å². The molecular weight excluding hydrogens is 312 g/mol. The second-order valence-electron chi connectivity index (χ2n) is 7.80. The highest BCUT2D eigenvalue weighted by Crippen LogP contribution is 2.32. The summed E-state index contributed by atoms with van der Waals surface area (Å²) < 4.78 is 21.5. The van der Waals surface area contributed by atoms with Crippen molar-refractivity contribution in [1.29, 1.82) is 0 Å². The third-order valence-corrected chi connectivity index (χ3v) is 9.73. The minimum atomic E-state index is -1.94. The van der Waals surface area contributed by atoms with Crippen LogP contribution in [-0.2, 0) is 17.7 Å². The molecular formula is C16H40O4Si2. The largest absolute Gasteiger partial charge is 0.398 e. The van der Waals surface area contributed by atoms with Crippen molar-refractivity contribution in [2.75, 3.05) is 28.4 Å². The molecule has 0 heterocycles. The van der Waals surface area contributed by atoms with Crippen LogP contribution in [0.5, 0.6) is 0 Å². The Balaban J connectivity index is 0. The van der Waals surface area contributed by atoms with Gasteiger partial charge in [0.2, 0.25) is 0 Å². The van der Waals surface area contributed by atoms with Crippen LogP contribution in [0.15, 0.2) is 0 Å². The summed E-state index contributed by atoms with van der Waals surface area (Å²) >= 11 is 0. The van der Waals surface area contributed by atoms with Crippen molar-refractivity contribution in [2.45, 2.75) is 66.2 Å². The molecule has 0 unspecified atom stereocenters. The van der Waals surface area contributed by atoms with E-state index < -0.39 is 17.1 Å². The molecule has 0 saturated heterocycles. The van der Waals surface area contributed by atoms with E-state index in [0.29, 0.717) is 0 Å². The maximum absolute atomic E-state index is 5.73. The molecule has 0 amide bonds. The summed E-state index contributed by atoms with van der Waals surface area (Å²) in [6.45, 7) is 15.2. The highest BCUT2D eigenvalue weighted by Gasteiger charge is 2.39. The lowest BCUT2D eigenvalue weighted by molar-refractivity contribution is 0.221. The molecule has 0 saturated carbocycles. The molecule has 0 atom stereocenters. The molecule has 0 aromatic rings. The van der Waals surface area contributed by atoms with Crippen molar-refractivity contribution in [1.82, 2.24) is 0 Å². The highest BCUT2D eigenvalue weighted by molar-refractivity contribution is 6.67. The second kappa shape index (κ2) is 10.9. The predicted octanol–water partition coefficient (Wildman–Crippen LogP) is 4.79. The first-order valence-corrected chi connectivity index (χ1v) is 13.1. The molecule has 0 spiro atoms. The Morgan fingerprint density at radius 2 is 1.23 bits per heavy atom. The first-order chi connectivity index (χ1) is 9.87. The summed E-state index contributed by atoms with van der Waals surface area (Å²) in [5, 5.41) is 0. The van der Waals surface area contributed by atoms with E-state index >= 15 is 0 Å². The van der Waals surface area contributed by atoms with Gasteiger partial charge in [0, 0.05) is 28.4 Å². The molecule has 0 rings (SSSR count). The molecule has 0 aliphatic rings. The van der Waals surface area contributed by atoms with E-state index in [1.807, 2.05) is 27.3 Å². The van der Waals surface area contributed by atoms with Gasteiger partial charge in [-0.05, 0) is 42.9 Å². The molecule has 0 aromatic carbocycles. The first-order valence-electron chi connectivity index (χ1n) is 8.07. The van der Waals surface area contributed by atoms with Crippen LogP contribution in [0.4, 0.5) is 0 Å². The molecule has 4 nitrogen and oxygen atoms in total. The zero-order valence-electron chi connectivity index (χ0n) is 16.8. The Morgan fingerprint density at radius 1 is 0.818 bits per heavy atom. The van der Waals surface area contributed by atoms with E-state index in [9.17, 15) is 0 Å².